The highest BCUT2D eigenvalue weighted by Crippen LogP contribution is 2.19. The van der Waals surface area contributed by atoms with Gasteiger partial charge in [0.25, 0.3) is 0 Å². The van der Waals surface area contributed by atoms with Crippen molar-refractivity contribution < 1.29 is 0 Å². The van der Waals surface area contributed by atoms with Crippen LogP contribution in [0.5, 0.6) is 0 Å². The molecule has 0 amide bonds. The van der Waals surface area contributed by atoms with Crippen molar-refractivity contribution in [1.82, 2.24) is 0 Å². The average molecular weight is 227 g/mol. The maximum atomic E-state index is 4.50. The van der Waals surface area contributed by atoms with E-state index in [1.807, 2.05) is 43.3 Å². The van der Waals surface area contributed by atoms with Crippen molar-refractivity contribution in [3.63, 3.8) is 0 Å². The summed E-state index contributed by atoms with van der Waals surface area (Å²) in [6.07, 6.45) is 0. The van der Waals surface area contributed by atoms with Crippen LogP contribution >= 0.6 is 11.9 Å². The molecular formula is C14H13NS. The first-order valence-corrected chi connectivity index (χ1v) is 5.96. The third-order valence-electron chi connectivity index (χ3n) is 2.22. The minimum absolute atomic E-state index is 1.05. The molecule has 0 N–H and O–H groups in total. The van der Waals surface area contributed by atoms with Crippen molar-refractivity contribution >= 4 is 17.7 Å². The van der Waals surface area contributed by atoms with E-state index in [1.165, 1.54) is 17.5 Å². The van der Waals surface area contributed by atoms with Crippen molar-refractivity contribution in [2.24, 2.45) is 4.40 Å². The van der Waals surface area contributed by atoms with Gasteiger partial charge in [0.15, 0.2) is 0 Å². The van der Waals surface area contributed by atoms with E-state index in [0.717, 1.165) is 10.6 Å². The Labute approximate surface area is 100 Å². The van der Waals surface area contributed by atoms with Crippen LogP contribution in [0.1, 0.15) is 12.5 Å². The first kappa shape index (κ1) is 11.0. The Morgan fingerprint density at radius 3 is 2.06 bits per heavy atom. The van der Waals surface area contributed by atoms with E-state index in [0.29, 0.717) is 0 Å². The standard InChI is InChI=1S/C14H13NS/c1-12(13-8-4-2-5-9-13)15-16-14-10-6-3-7-11-14/h2-11H,1H3/b15-12+. The van der Waals surface area contributed by atoms with Crippen LogP contribution in [-0.4, -0.2) is 5.71 Å². The van der Waals surface area contributed by atoms with Crippen LogP contribution in [-0.2, 0) is 0 Å². The van der Waals surface area contributed by atoms with Crippen molar-refractivity contribution in [3.05, 3.63) is 66.2 Å². The van der Waals surface area contributed by atoms with Crippen molar-refractivity contribution in [3.8, 4) is 0 Å². The lowest BCUT2D eigenvalue weighted by molar-refractivity contribution is 1.46. The van der Waals surface area contributed by atoms with Gasteiger partial charge in [-0.1, -0.05) is 48.5 Å². The van der Waals surface area contributed by atoms with Crippen LogP contribution in [0, 0.1) is 0 Å². The van der Waals surface area contributed by atoms with Gasteiger partial charge >= 0.3 is 0 Å². The SMILES string of the molecule is C/C(=N\Sc1ccccc1)c1ccccc1. The van der Waals surface area contributed by atoms with Crippen molar-refractivity contribution in [2.75, 3.05) is 0 Å². The van der Waals surface area contributed by atoms with E-state index < -0.39 is 0 Å². The summed E-state index contributed by atoms with van der Waals surface area (Å²) in [6.45, 7) is 2.03. The quantitative estimate of drug-likeness (QED) is 0.565. The zero-order valence-corrected chi connectivity index (χ0v) is 9.95. The van der Waals surface area contributed by atoms with Gasteiger partial charge in [-0.15, -0.1) is 0 Å². The molecule has 0 aromatic heterocycles. The topological polar surface area (TPSA) is 12.4 Å². The van der Waals surface area contributed by atoms with Crippen molar-refractivity contribution in [1.29, 1.82) is 0 Å². The summed E-state index contributed by atoms with van der Waals surface area (Å²) in [5.74, 6) is 0. The number of benzene rings is 2. The lowest BCUT2D eigenvalue weighted by atomic mass is 10.1. The maximum absolute atomic E-state index is 4.50. The molecule has 0 aliphatic heterocycles. The lowest BCUT2D eigenvalue weighted by Crippen LogP contribution is -1.91. The van der Waals surface area contributed by atoms with E-state index >= 15 is 0 Å². The van der Waals surface area contributed by atoms with Gasteiger partial charge in [-0.3, -0.25) is 0 Å². The Morgan fingerprint density at radius 1 is 0.875 bits per heavy atom. The van der Waals surface area contributed by atoms with Crippen molar-refractivity contribution in [2.45, 2.75) is 11.8 Å². The maximum Gasteiger partial charge on any atom is 0.0532 e. The van der Waals surface area contributed by atoms with Gasteiger partial charge in [0.05, 0.1) is 5.71 Å². The molecule has 0 radical (unpaired) electrons. The smallest absolute Gasteiger partial charge is 0.0532 e. The van der Waals surface area contributed by atoms with Gasteiger partial charge in [-0.05, 0) is 24.6 Å². The largest absolute Gasteiger partial charge is 0.216 e. The molecule has 1 nitrogen and oxygen atoms in total. The van der Waals surface area contributed by atoms with Crippen LogP contribution in [0.25, 0.3) is 0 Å². The average Bonchev–Trinajstić information content (AvgIpc) is 2.38. The van der Waals surface area contributed by atoms with Gasteiger partial charge < -0.3 is 0 Å². The van der Waals surface area contributed by atoms with E-state index in [-0.39, 0.29) is 0 Å². The zero-order valence-electron chi connectivity index (χ0n) is 9.13. The number of nitrogens with zero attached hydrogens (tertiary/aromatic N) is 1. The third-order valence-corrected chi connectivity index (χ3v) is 3.07. The minimum Gasteiger partial charge on any atom is -0.216 e. The Balaban J connectivity index is 2.09. The Bertz CT molecular complexity index is 463. The fourth-order valence-electron chi connectivity index (χ4n) is 1.33. The second kappa shape index (κ2) is 5.52. The van der Waals surface area contributed by atoms with E-state index in [1.54, 1.807) is 0 Å². The summed E-state index contributed by atoms with van der Waals surface area (Å²) in [4.78, 5) is 1.16. The molecule has 0 atom stereocenters. The molecule has 0 fully saturated rings. The number of rotatable bonds is 3. The van der Waals surface area contributed by atoms with Crippen LogP contribution in [0.3, 0.4) is 0 Å². The summed E-state index contributed by atoms with van der Waals surface area (Å²) in [5, 5.41) is 0. The molecule has 0 saturated heterocycles. The molecular weight excluding hydrogens is 214 g/mol. The highest BCUT2D eigenvalue weighted by Gasteiger charge is 1.96. The first-order valence-electron chi connectivity index (χ1n) is 5.18. The highest BCUT2D eigenvalue weighted by atomic mass is 32.2. The molecule has 0 bridgehead atoms. The van der Waals surface area contributed by atoms with E-state index in [9.17, 15) is 0 Å². The third kappa shape index (κ3) is 2.97. The zero-order chi connectivity index (χ0) is 11.2. The fraction of sp³-hybridized carbons (Fsp3) is 0.0714. The summed E-state index contributed by atoms with van der Waals surface area (Å²) in [6, 6.07) is 20.4. The molecule has 2 heteroatoms. The highest BCUT2D eigenvalue weighted by molar-refractivity contribution is 7.98. The fourth-order valence-corrected chi connectivity index (χ4v) is 1.96. The molecule has 0 unspecified atom stereocenters. The summed E-state index contributed by atoms with van der Waals surface area (Å²) in [5.41, 5.74) is 2.22. The second-order valence-electron chi connectivity index (χ2n) is 3.45. The van der Waals surface area contributed by atoms with Crippen LogP contribution in [0.4, 0.5) is 0 Å². The van der Waals surface area contributed by atoms with Crippen LogP contribution in [0.2, 0.25) is 0 Å². The summed E-state index contributed by atoms with van der Waals surface area (Å²) < 4.78 is 4.50. The Hall–Kier alpha value is -1.54. The molecule has 0 aliphatic carbocycles. The van der Waals surface area contributed by atoms with E-state index in [2.05, 4.69) is 28.7 Å². The number of hydrogen-bond acceptors (Lipinski definition) is 2. The van der Waals surface area contributed by atoms with Gasteiger partial charge in [0.1, 0.15) is 0 Å². The Kier molecular flexibility index (Phi) is 3.78. The molecule has 16 heavy (non-hydrogen) atoms. The van der Waals surface area contributed by atoms with Gasteiger partial charge in [-0.25, -0.2) is 4.40 Å². The predicted octanol–water partition coefficient (Wildman–Crippen LogP) is 4.20. The molecule has 2 rings (SSSR count). The van der Waals surface area contributed by atoms with E-state index in [4.69, 9.17) is 0 Å². The summed E-state index contributed by atoms with van der Waals surface area (Å²) in [7, 11) is 0. The normalized spacial score (nSPS) is 11.4. The van der Waals surface area contributed by atoms with Crippen LogP contribution < -0.4 is 0 Å². The number of hydrogen-bond donors (Lipinski definition) is 0. The molecule has 0 spiro atoms. The van der Waals surface area contributed by atoms with Gasteiger partial charge in [0.2, 0.25) is 0 Å². The monoisotopic (exact) mass is 227 g/mol. The van der Waals surface area contributed by atoms with Gasteiger partial charge in [-0.2, -0.15) is 0 Å². The first-order chi connectivity index (χ1) is 7.86. The summed E-state index contributed by atoms with van der Waals surface area (Å²) >= 11 is 1.51. The lowest BCUT2D eigenvalue weighted by Gasteiger charge is -1.99. The molecule has 0 aliphatic rings. The predicted molar refractivity (Wildman–Crippen MR) is 71.0 cm³/mol. The Morgan fingerprint density at radius 2 is 1.44 bits per heavy atom. The van der Waals surface area contributed by atoms with Gasteiger partial charge in [0, 0.05) is 16.8 Å². The van der Waals surface area contributed by atoms with Crippen LogP contribution in [0.15, 0.2) is 70.0 Å². The molecule has 80 valence electrons. The molecule has 2 aromatic carbocycles. The molecule has 0 heterocycles. The molecule has 2 aromatic rings. The minimum atomic E-state index is 1.05. The second-order valence-corrected chi connectivity index (χ2v) is 4.28. The molecule has 0 saturated carbocycles.